The predicted octanol–water partition coefficient (Wildman–Crippen LogP) is 1.74. The second-order valence-electron chi connectivity index (χ2n) is 5.90. The number of aromatic amines is 1. The highest BCUT2D eigenvalue weighted by Crippen LogP contribution is 2.33. The Morgan fingerprint density at radius 1 is 1.41 bits per heavy atom. The Balaban J connectivity index is 1.57. The largest absolute Gasteiger partial charge is 0.377 e. The van der Waals surface area contributed by atoms with Crippen molar-refractivity contribution in [3.8, 4) is 0 Å². The first-order valence-electron chi connectivity index (χ1n) is 7.67. The molecule has 1 aliphatic rings. The molecule has 3 rings (SSSR count). The third kappa shape index (κ3) is 3.28. The van der Waals surface area contributed by atoms with Crippen molar-refractivity contribution < 1.29 is 4.74 Å². The molecule has 1 saturated heterocycles. The van der Waals surface area contributed by atoms with Crippen LogP contribution in [0.1, 0.15) is 23.7 Å². The number of H-pyrrole nitrogens is 1. The normalized spacial score (nSPS) is 21.2. The minimum atomic E-state index is 0.147. The fraction of sp³-hybridized carbons (Fsp3) is 0.500. The Morgan fingerprint density at radius 3 is 3.09 bits per heavy atom. The number of hydrogen-bond acceptors (Lipinski definition) is 5. The van der Waals surface area contributed by atoms with E-state index in [-0.39, 0.29) is 6.10 Å². The highest BCUT2D eigenvalue weighted by atomic mass is 16.5. The van der Waals surface area contributed by atoms with Crippen molar-refractivity contribution in [2.45, 2.75) is 19.1 Å². The number of nitrogens with one attached hydrogen (secondary N) is 2. The zero-order valence-corrected chi connectivity index (χ0v) is 13.1. The molecule has 1 aliphatic heterocycles. The van der Waals surface area contributed by atoms with Crippen LogP contribution in [0.15, 0.2) is 30.9 Å². The van der Waals surface area contributed by atoms with Gasteiger partial charge in [0.05, 0.1) is 12.3 Å². The molecule has 0 bridgehead atoms. The monoisotopic (exact) mass is 301 g/mol. The molecule has 0 spiro atoms. The molecule has 0 saturated carbocycles. The molecule has 3 heterocycles. The molecular weight excluding hydrogens is 278 g/mol. The third-order valence-corrected chi connectivity index (χ3v) is 4.14. The number of ether oxygens (including phenoxy) is 1. The fourth-order valence-electron chi connectivity index (χ4n) is 3.01. The molecule has 22 heavy (non-hydrogen) atoms. The van der Waals surface area contributed by atoms with Gasteiger partial charge >= 0.3 is 0 Å². The van der Waals surface area contributed by atoms with Crippen LogP contribution in [0.3, 0.4) is 0 Å². The number of pyridine rings is 1. The number of nitrogens with zero attached hydrogens (tertiary/aromatic N) is 3. The minimum absolute atomic E-state index is 0.147. The lowest BCUT2D eigenvalue weighted by atomic mass is 9.97. The van der Waals surface area contributed by atoms with Crippen LogP contribution in [0.4, 0.5) is 5.69 Å². The van der Waals surface area contributed by atoms with Gasteiger partial charge in [-0.15, -0.1) is 0 Å². The van der Waals surface area contributed by atoms with E-state index >= 15 is 0 Å². The summed E-state index contributed by atoms with van der Waals surface area (Å²) in [6, 6.07) is 2.05. The van der Waals surface area contributed by atoms with Gasteiger partial charge in [-0.25, -0.2) is 0 Å². The van der Waals surface area contributed by atoms with E-state index in [1.165, 1.54) is 11.3 Å². The molecule has 1 fully saturated rings. The van der Waals surface area contributed by atoms with Crippen LogP contribution in [-0.4, -0.2) is 42.4 Å². The molecule has 6 nitrogen and oxygen atoms in total. The van der Waals surface area contributed by atoms with Crippen molar-refractivity contribution in [1.29, 1.82) is 0 Å². The van der Waals surface area contributed by atoms with Crippen molar-refractivity contribution in [1.82, 2.24) is 20.5 Å². The second kappa shape index (κ2) is 6.89. The van der Waals surface area contributed by atoms with Crippen molar-refractivity contribution >= 4 is 5.69 Å². The van der Waals surface area contributed by atoms with E-state index in [1.54, 1.807) is 0 Å². The maximum absolute atomic E-state index is 5.85. The van der Waals surface area contributed by atoms with Crippen LogP contribution < -0.4 is 10.2 Å². The first-order valence-corrected chi connectivity index (χ1v) is 7.67. The predicted molar refractivity (Wildman–Crippen MR) is 85.7 cm³/mol. The summed E-state index contributed by atoms with van der Waals surface area (Å²) < 4.78 is 5.85. The van der Waals surface area contributed by atoms with Crippen molar-refractivity contribution in [2.24, 2.45) is 5.92 Å². The smallest absolute Gasteiger partial charge is 0.0896 e. The van der Waals surface area contributed by atoms with Crippen LogP contribution >= 0.6 is 0 Å². The van der Waals surface area contributed by atoms with Gasteiger partial charge in [0.1, 0.15) is 0 Å². The van der Waals surface area contributed by atoms with Crippen molar-refractivity contribution in [3.05, 3.63) is 42.0 Å². The SMILES string of the molecule is CN(C)c1ccncc1CNC[C@H]1CCO[C@@H]1c1cn[nH]c1. The van der Waals surface area contributed by atoms with Gasteiger partial charge in [-0.05, 0) is 12.5 Å². The maximum atomic E-state index is 5.85. The van der Waals surface area contributed by atoms with Gasteiger partial charge in [-0.2, -0.15) is 5.10 Å². The molecule has 0 amide bonds. The van der Waals surface area contributed by atoms with Gasteiger partial charge in [0.2, 0.25) is 0 Å². The third-order valence-electron chi connectivity index (χ3n) is 4.14. The molecule has 2 aromatic heterocycles. The molecule has 0 radical (unpaired) electrons. The van der Waals surface area contributed by atoms with Crippen LogP contribution in [0.5, 0.6) is 0 Å². The van der Waals surface area contributed by atoms with E-state index in [0.29, 0.717) is 5.92 Å². The van der Waals surface area contributed by atoms with Gasteiger partial charge < -0.3 is 15.0 Å². The molecule has 2 aromatic rings. The molecule has 0 aromatic carbocycles. The highest BCUT2D eigenvalue weighted by Gasteiger charge is 2.29. The Hall–Kier alpha value is -1.92. The first kappa shape index (κ1) is 15.0. The summed E-state index contributed by atoms with van der Waals surface area (Å²) in [6.45, 7) is 2.56. The minimum Gasteiger partial charge on any atom is -0.377 e. The summed E-state index contributed by atoms with van der Waals surface area (Å²) in [4.78, 5) is 6.35. The fourth-order valence-corrected chi connectivity index (χ4v) is 3.01. The molecule has 118 valence electrons. The average Bonchev–Trinajstić information content (AvgIpc) is 3.18. The first-order chi connectivity index (χ1) is 10.8. The van der Waals surface area contributed by atoms with Crippen LogP contribution in [0.25, 0.3) is 0 Å². The van der Waals surface area contributed by atoms with E-state index in [2.05, 4.69) is 39.5 Å². The van der Waals surface area contributed by atoms with Crippen molar-refractivity contribution in [3.63, 3.8) is 0 Å². The Kier molecular flexibility index (Phi) is 4.70. The quantitative estimate of drug-likeness (QED) is 0.851. The lowest BCUT2D eigenvalue weighted by molar-refractivity contribution is 0.0905. The Labute approximate surface area is 130 Å². The van der Waals surface area contributed by atoms with E-state index in [4.69, 9.17) is 4.74 Å². The van der Waals surface area contributed by atoms with E-state index in [1.807, 2.05) is 30.9 Å². The zero-order chi connectivity index (χ0) is 15.4. The summed E-state index contributed by atoms with van der Waals surface area (Å²) in [7, 11) is 4.11. The lowest BCUT2D eigenvalue weighted by Gasteiger charge is -2.20. The van der Waals surface area contributed by atoms with Gasteiger partial charge in [0.15, 0.2) is 0 Å². The van der Waals surface area contributed by atoms with Gasteiger partial charge in [0, 0.05) is 75.1 Å². The van der Waals surface area contributed by atoms with Gasteiger partial charge in [-0.1, -0.05) is 0 Å². The number of hydrogen-bond donors (Lipinski definition) is 2. The average molecular weight is 301 g/mol. The summed E-state index contributed by atoms with van der Waals surface area (Å²) in [6.07, 6.45) is 8.77. The second-order valence-corrected chi connectivity index (χ2v) is 5.90. The number of anilines is 1. The van der Waals surface area contributed by atoms with Gasteiger partial charge in [-0.3, -0.25) is 10.1 Å². The summed E-state index contributed by atoms with van der Waals surface area (Å²) >= 11 is 0. The Morgan fingerprint density at radius 2 is 2.32 bits per heavy atom. The van der Waals surface area contributed by atoms with Crippen LogP contribution in [-0.2, 0) is 11.3 Å². The molecule has 2 N–H and O–H groups in total. The summed E-state index contributed by atoms with van der Waals surface area (Å²) in [5.41, 5.74) is 3.56. The lowest BCUT2D eigenvalue weighted by Crippen LogP contribution is -2.25. The van der Waals surface area contributed by atoms with Crippen LogP contribution in [0.2, 0.25) is 0 Å². The maximum Gasteiger partial charge on any atom is 0.0896 e. The molecular formula is C16H23N5O. The molecule has 6 heteroatoms. The van der Waals surface area contributed by atoms with E-state index < -0.39 is 0 Å². The molecule has 0 unspecified atom stereocenters. The molecule has 0 aliphatic carbocycles. The number of aromatic nitrogens is 3. The van der Waals surface area contributed by atoms with E-state index in [0.717, 1.165) is 31.7 Å². The summed E-state index contributed by atoms with van der Waals surface area (Å²) in [5, 5.41) is 10.4. The Bertz CT molecular complexity index is 584. The number of rotatable bonds is 6. The zero-order valence-electron chi connectivity index (χ0n) is 13.1. The topological polar surface area (TPSA) is 66.1 Å². The highest BCUT2D eigenvalue weighted by molar-refractivity contribution is 5.50. The standard InChI is InChI=1S/C16H23N5O/c1-21(2)15-3-5-17-8-13(15)9-18-7-12-4-6-22-16(12)14-10-19-20-11-14/h3,5,8,10-12,16,18H,4,6-7,9H2,1-2H3,(H,19,20)/t12-,16+/m1/s1. The van der Waals surface area contributed by atoms with E-state index in [9.17, 15) is 0 Å². The van der Waals surface area contributed by atoms with Crippen LogP contribution in [0, 0.1) is 5.92 Å². The molecule has 2 atom stereocenters. The summed E-state index contributed by atoms with van der Waals surface area (Å²) in [5.74, 6) is 0.483. The van der Waals surface area contributed by atoms with Crippen molar-refractivity contribution in [2.75, 3.05) is 32.1 Å². The van der Waals surface area contributed by atoms with Gasteiger partial charge in [0.25, 0.3) is 0 Å².